The van der Waals surface area contributed by atoms with E-state index in [4.69, 9.17) is 0 Å². The molecule has 0 radical (unpaired) electrons. The van der Waals surface area contributed by atoms with Crippen LogP contribution in [0, 0.1) is 5.41 Å². The molecule has 2 fully saturated rings. The second kappa shape index (κ2) is 4.54. The third kappa shape index (κ3) is 1.89. The van der Waals surface area contributed by atoms with Crippen LogP contribution in [-0.4, -0.2) is 24.7 Å². The minimum Gasteiger partial charge on any atom is -0.382 e. The lowest BCUT2D eigenvalue weighted by Gasteiger charge is -2.11. The van der Waals surface area contributed by atoms with E-state index in [1.165, 1.54) is 23.8 Å². The van der Waals surface area contributed by atoms with Crippen LogP contribution in [0.4, 0.5) is 0 Å². The van der Waals surface area contributed by atoms with Crippen LogP contribution in [0.1, 0.15) is 42.7 Å². The molecule has 3 aromatic rings. The van der Waals surface area contributed by atoms with E-state index >= 15 is 0 Å². The highest BCUT2D eigenvalue weighted by molar-refractivity contribution is 5.85. The van der Waals surface area contributed by atoms with Crippen molar-refractivity contribution in [2.45, 2.75) is 31.4 Å². The van der Waals surface area contributed by atoms with Gasteiger partial charge in [-0.25, -0.2) is 4.68 Å². The number of rotatable bonds is 3. The van der Waals surface area contributed by atoms with Crippen molar-refractivity contribution in [2.24, 2.45) is 12.5 Å². The van der Waals surface area contributed by atoms with Gasteiger partial charge in [0.2, 0.25) is 0 Å². The Hall–Kier alpha value is -2.47. The fourth-order valence-electron chi connectivity index (χ4n) is 3.76. The van der Waals surface area contributed by atoms with E-state index in [1.54, 1.807) is 25.4 Å². The molecule has 1 spiro atoms. The summed E-state index contributed by atoms with van der Waals surface area (Å²) >= 11 is 0. The third-order valence-electron chi connectivity index (χ3n) is 5.62. The predicted molar refractivity (Wildman–Crippen MR) is 88.6 cm³/mol. The zero-order valence-corrected chi connectivity index (χ0v) is 13.4. The molecule has 1 N–H and O–H groups in total. The van der Waals surface area contributed by atoms with Gasteiger partial charge in [0.05, 0.1) is 12.2 Å². The average Bonchev–Trinajstić information content (AvgIpc) is 3.48. The summed E-state index contributed by atoms with van der Waals surface area (Å²) in [5, 5.41) is 20.5. The fourth-order valence-corrected chi connectivity index (χ4v) is 3.76. The smallest absolute Gasteiger partial charge is 0.258 e. The zero-order chi connectivity index (χ0) is 16.5. The molecule has 6 heteroatoms. The van der Waals surface area contributed by atoms with Crippen molar-refractivity contribution in [3.8, 4) is 0 Å². The summed E-state index contributed by atoms with van der Waals surface area (Å²) in [6.07, 6.45) is 6.42. The molecule has 122 valence electrons. The molecule has 0 bridgehead atoms. The Bertz CT molecular complexity index is 1020. The highest BCUT2D eigenvalue weighted by Gasteiger charge is 2.64. The number of hydrogen-bond acceptors (Lipinski definition) is 4. The van der Waals surface area contributed by atoms with E-state index in [0.29, 0.717) is 28.1 Å². The van der Waals surface area contributed by atoms with Crippen molar-refractivity contribution in [3.05, 3.63) is 58.3 Å². The van der Waals surface area contributed by atoms with Gasteiger partial charge in [0.1, 0.15) is 11.8 Å². The van der Waals surface area contributed by atoms with Crippen LogP contribution in [0.3, 0.4) is 0 Å². The normalized spacial score (nSPS) is 22.0. The number of aryl methyl sites for hydroxylation is 1. The Morgan fingerprint density at radius 1 is 1.29 bits per heavy atom. The van der Waals surface area contributed by atoms with Gasteiger partial charge in [0.15, 0.2) is 0 Å². The standard InChI is InChI=1S/C18H18N4O2/c1-21-8-5-11-12(3-2-4-13(11)17(21)24)16(23)14-10-22(20-19-14)15-9-18(15)6-7-18/h2-5,8,10,15-16,23H,6-7,9H2,1H3. The van der Waals surface area contributed by atoms with Gasteiger partial charge in [-0.15, -0.1) is 5.10 Å². The van der Waals surface area contributed by atoms with Crippen molar-refractivity contribution in [2.75, 3.05) is 0 Å². The summed E-state index contributed by atoms with van der Waals surface area (Å²) in [5.74, 6) is 0. The van der Waals surface area contributed by atoms with Gasteiger partial charge >= 0.3 is 0 Å². The van der Waals surface area contributed by atoms with E-state index in [0.717, 1.165) is 5.39 Å². The number of benzene rings is 1. The minimum atomic E-state index is -0.886. The van der Waals surface area contributed by atoms with E-state index in [-0.39, 0.29) is 5.56 Å². The Balaban J connectivity index is 1.55. The molecule has 1 aromatic carbocycles. The lowest BCUT2D eigenvalue weighted by Crippen LogP contribution is -2.16. The van der Waals surface area contributed by atoms with Crippen LogP contribution in [-0.2, 0) is 7.05 Å². The maximum Gasteiger partial charge on any atom is 0.258 e. The number of nitrogens with zero attached hydrogens (tertiary/aromatic N) is 4. The molecular formula is C18H18N4O2. The second-order valence-electron chi connectivity index (χ2n) is 7.15. The summed E-state index contributed by atoms with van der Waals surface area (Å²) in [4.78, 5) is 12.3. The van der Waals surface area contributed by atoms with Crippen molar-refractivity contribution >= 4 is 10.8 Å². The van der Waals surface area contributed by atoms with Gasteiger partial charge in [0.25, 0.3) is 5.56 Å². The van der Waals surface area contributed by atoms with Gasteiger partial charge in [-0.05, 0) is 47.8 Å². The van der Waals surface area contributed by atoms with Gasteiger partial charge in [-0.3, -0.25) is 4.79 Å². The molecule has 0 saturated heterocycles. The van der Waals surface area contributed by atoms with E-state index in [1.807, 2.05) is 23.0 Å². The molecule has 2 aliphatic rings. The van der Waals surface area contributed by atoms with Crippen LogP contribution >= 0.6 is 0 Å². The molecule has 5 rings (SSSR count). The predicted octanol–water partition coefficient (Wildman–Crippen LogP) is 1.94. The number of fused-ring (bicyclic) bond motifs is 1. The summed E-state index contributed by atoms with van der Waals surface area (Å²) in [6, 6.07) is 7.73. The number of aromatic nitrogens is 4. The van der Waals surface area contributed by atoms with Crippen molar-refractivity contribution in [1.82, 2.24) is 19.6 Å². The Morgan fingerprint density at radius 2 is 2.12 bits per heavy atom. The first-order valence-corrected chi connectivity index (χ1v) is 8.27. The summed E-state index contributed by atoms with van der Waals surface area (Å²) in [5.41, 5.74) is 1.64. The third-order valence-corrected chi connectivity index (χ3v) is 5.62. The van der Waals surface area contributed by atoms with Crippen molar-refractivity contribution in [3.63, 3.8) is 0 Å². The van der Waals surface area contributed by atoms with E-state index in [9.17, 15) is 9.90 Å². The first-order chi connectivity index (χ1) is 11.6. The highest BCUT2D eigenvalue weighted by atomic mass is 16.3. The molecule has 0 amide bonds. The first-order valence-electron chi connectivity index (χ1n) is 8.27. The molecule has 24 heavy (non-hydrogen) atoms. The number of pyridine rings is 1. The van der Waals surface area contributed by atoms with Gasteiger partial charge in [-0.2, -0.15) is 0 Å². The number of hydrogen-bond donors (Lipinski definition) is 1. The zero-order valence-electron chi connectivity index (χ0n) is 13.4. The average molecular weight is 322 g/mol. The highest BCUT2D eigenvalue weighted by Crippen LogP contribution is 2.72. The topological polar surface area (TPSA) is 72.9 Å². The SMILES string of the molecule is Cn1ccc2c(C(O)c3cn(C4CC45CC5)nn3)cccc2c1=O. The monoisotopic (exact) mass is 322 g/mol. The lowest BCUT2D eigenvalue weighted by molar-refractivity contribution is 0.216. The number of aliphatic hydroxyl groups excluding tert-OH is 1. The minimum absolute atomic E-state index is 0.0705. The van der Waals surface area contributed by atoms with Crippen LogP contribution in [0.5, 0.6) is 0 Å². The molecule has 6 nitrogen and oxygen atoms in total. The van der Waals surface area contributed by atoms with Gasteiger partial charge < -0.3 is 9.67 Å². The summed E-state index contributed by atoms with van der Waals surface area (Å²) in [7, 11) is 1.72. The lowest BCUT2D eigenvalue weighted by atomic mass is 10.00. The quantitative estimate of drug-likeness (QED) is 0.800. The van der Waals surface area contributed by atoms with Crippen LogP contribution in [0.15, 0.2) is 41.5 Å². The van der Waals surface area contributed by atoms with Crippen molar-refractivity contribution < 1.29 is 5.11 Å². The van der Waals surface area contributed by atoms with Crippen LogP contribution in [0.25, 0.3) is 10.8 Å². The molecule has 2 unspecified atom stereocenters. The van der Waals surface area contributed by atoms with Gasteiger partial charge in [-0.1, -0.05) is 17.3 Å². The largest absolute Gasteiger partial charge is 0.382 e. The van der Waals surface area contributed by atoms with Gasteiger partial charge in [0, 0.05) is 18.6 Å². The summed E-state index contributed by atoms with van der Waals surface area (Å²) < 4.78 is 3.44. The number of aliphatic hydroxyl groups is 1. The van der Waals surface area contributed by atoms with Crippen LogP contribution in [0.2, 0.25) is 0 Å². The van der Waals surface area contributed by atoms with E-state index in [2.05, 4.69) is 10.3 Å². The Kier molecular flexibility index (Phi) is 2.63. The fraction of sp³-hybridized carbons (Fsp3) is 0.389. The molecule has 0 aliphatic heterocycles. The molecule has 2 aliphatic carbocycles. The molecule has 2 atom stereocenters. The maximum absolute atomic E-state index is 12.3. The first kappa shape index (κ1) is 13.9. The molecule has 2 heterocycles. The van der Waals surface area contributed by atoms with E-state index < -0.39 is 6.10 Å². The second-order valence-corrected chi connectivity index (χ2v) is 7.15. The Morgan fingerprint density at radius 3 is 2.88 bits per heavy atom. The molecule has 2 saturated carbocycles. The van der Waals surface area contributed by atoms with Crippen LogP contribution < -0.4 is 5.56 Å². The Labute approximate surface area is 138 Å². The maximum atomic E-state index is 12.3. The van der Waals surface area contributed by atoms with Crippen molar-refractivity contribution in [1.29, 1.82) is 0 Å². The molecular weight excluding hydrogens is 304 g/mol. The molecule has 2 aromatic heterocycles. The summed E-state index contributed by atoms with van der Waals surface area (Å²) in [6.45, 7) is 0.